The van der Waals surface area contributed by atoms with Gasteiger partial charge in [0.05, 0.1) is 11.5 Å². The van der Waals surface area contributed by atoms with E-state index in [0.29, 0.717) is 35.6 Å². The van der Waals surface area contributed by atoms with E-state index in [-0.39, 0.29) is 11.6 Å². The van der Waals surface area contributed by atoms with Crippen molar-refractivity contribution in [2.24, 2.45) is 4.99 Å². The van der Waals surface area contributed by atoms with E-state index in [9.17, 15) is 13.6 Å². The van der Waals surface area contributed by atoms with Gasteiger partial charge in [-0.05, 0) is 49.2 Å². The largest absolute Gasteiger partial charge is 0.475 e. The van der Waals surface area contributed by atoms with Gasteiger partial charge >= 0.3 is 0 Å². The summed E-state index contributed by atoms with van der Waals surface area (Å²) >= 11 is 0. The average Bonchev–Trinajstić information content (AvgIpc) is 2.97. The number of rotatable bonds is 5. The third kappa shape index (κ3) is 3.66. The second-order valence-electron chi connectivity index (χ2n) is 7.05. The molecule has 0 radical (unpaired) electrons. The Morgan fingerprint density at radius 3 is 2.38 bits per heavy atom. The van der Waals surface area contributed by atoms with Gasteiger partial charge in [0.25, 0.3) is 0 Å². The first-order valence-corrected chi connectivity index (χ1v) is 8.61. The van der Waals surface area contributed by atoms with Crippen molar-refractivity contribution < 1.29 is 18.3 Å². The molecule has 0 amide bonds. The predicted molar refractivity (Wildman–Crippen MR) is 96.5 cm³/mol. The second kappa shape index (κ2) is 6.98. The van der Waals surface area contributed by atoms with E-state index in [1.165, 1.54) is 24.3 Å². The zero-order valence-corrected chi connectivity index (χ0v) is 15.1. The molecule has 3 nitrogen and oxygen atoms in total. The lowest BCUT2D eigenvalue weighted by Crippen LogP contribution is -2.18. The molecule has 1 aliphatic heterocycles. The number of aliphatic imine (C=N–C) groups is 1. The summed E-state index contributed by atoms with van der Waals surface area (Å²) in [4.78, 5) is 17.2. The van der Waals surface area contributed by atoms with Gasteiger partial charge in [-0.15, -0.1) is 0 Å². The number of carbonyl (C=O) groups is 1. The average molecular weight is 357 g/mol. The van der Waals surface area contributed by atoms with Gasteiger partial charge < -0.3 is 4.74 Å². The molecule has 1 aliphatic rings. The number of benzene rings is 2. The minimum Gasteiger partial charge on any atom is -0.475 e. The van der Waals surface area contributed by atoms with E-state index in [0.717, 1.165) is 0 Å². The normalized spacial score (nSPS) is 16.7. The van der Waals surface area contributed by atoms with Gasteiger partial charge in [-0.25, -0.2) is 13.8 Å². The quantitative estimate of drug-likeness (QED) is 0.782. The van der Waals surface area contributed by atoms with Gasteiger partial charge in [0.1, 0.15) is 24.0 Å². The van der Waals surface area contributed by atoms with E-state index in [1.807, 2.05) is 13.8 Å². The molecule has 0 bridgehead atoms. The summed E-state index contributed by atoms with van der Waals surface area (Å²) < 4.78 is 33.0. The highest BCUT2D eigenvalue weighted by Crippen LogP contribution is 2.32. The minimum absolute atomic E-state index is 0.0395. The topological polar surface area (TPSA) is 38.7 Å². The molecular weight excluding hydrogens is 336 g/mol. The summed E-state index contributed by atoms with van der Waals surface area (Å²) in [6.07, 6.45) is 0.303. The maximum Gasteiger partial charge on any atom is 0.217 e. The second-order valence-corrected chi connectivity index (χ2v) is 7.05. The van der Waals surface area contributed by atoms with E-state index >= 15 is 0 Å². The van der Waals surface area contributed by atoms with Crippen LogP contribution in [-0.4, -0.2) is 23.8 Å². The zero-order chi connectivity index (χ0) is 18.9. The van der Waals surface area contributed by atoms with Crippen molar-refractivity contribution >= 4 is 11.7 Å². The molecule has 0 fully saturated rings. The lowest BCUT2D eigenvalue weighted by Gasteiger charge is -2.20. The molecule has 3 rings (SSSR count). The van der Waals surface area contributed by atoms with Crippen LogP contribution in [-0.2, 0) is 9.53 Å². The molecule has 1 heterocycles. The van der Waals surface area contributed by atoms with E-state index in [4.69, 9.17) is 4.74 Å². The first kappa shape index (κ1) is 18.2. The molecule has 0 saturated heterocycles. The fourth-order valence-corrected chi connectivity index (χ4v) is 3.09. The van der Waals surface area contributed by atoms with Crippen LogP contribution in [0, 0.1) is 11.6 Å². The summed E-state index contributed by atoms with van der Waals surface area (Å²) in [5.41, 5.74) is 1.33. The molecule has 1 atom stereocenters. The van der Waals surface area contributed by atoms with Crippen LogP contribution < -0.4 is 0 Å². The number of ether oxygens (including phenoxy) is 1. The highest BCUT2D eigenvalue weighted by molar-refractivity contribution is 6.00. The van der Waals surface area contributed by atoms with Gasteiger partial charge in [0.2, 0.25) is 5.90 Å². The summed E-state index contributed by atoms with van der Waals surface area (Å²) in [7, 11) is 0. The Balaban J connectivity index is 2.16. The SMILES string of the molecule is CCC(=O)C(c1ccc(F)cc1)c1ccc(F)cc1C1=NC(C)(C)CO1. The smallest absolute Gasteiger partial charge is 0.217 e. The highest BCUT2D eigenvalue weighted by Gasteiger charge is 2.31. The van der Waals surface area contributed by atoms with Crippen LogP contribution in [0.5, 0.6) is 0 Å². The summed E-state index contributed by atoms with van der Waals surface area (Å²) in [5, 5.41) is 0. The Kier molecular flexibility index (Phi) is 4.90. The molecule has 0 spiro atoms. The van der Waals surface area contributed by atoms with Crippen molar-refractivity contribution in [1.29, 1.82) is 0 Å². The minimum atomic E-state index is -0.633. The van der Waals surface area contributed by atoms with Crippen LogP contribution in [0.1, 0.15) is 49.8 Å². The molecular formula is C21H21F2NO2. The number of nitrogens with zero attached hydrogens (tertiary/aromatic N) is 1. The summed E-state index contributed by atoms with van der Waals surface area (Å²) in [5.74, 6) is -1.14. The van der Waals surface area contributed by atoms with Crippen molar-refractivity contribution in [3.63, 3.8) is 0 Å². The number of ketones is 1. The lowest BCUT2D eigenvalue weighted by molar-refractivity contribution is -0.119. The number of carbonyl (C=O) groups excluding carboxylic acids is 1. The monoisotopic (exact) mass is 357 g/mol. The van der Waals surface area contributed by atoms with Crippen molar-refractivity contribution in [2.75, 3.05) is 6.61 Å². The molecule has 0 saturated carbocycles. The van der Waals surface area contributed by atoms with Gasteiger partial charge in [-0.3, -0.25) is 4.79 Å². The number of Topliss-reactive ketones (excluding diaryl/α,β-unsaturated/α-hetero) is 1. The Morgan fingerprint density at radius 2 is 1.81 bits per heavy atom. The standard InChI is InChI=1S/C21H21F2NO2/c1-4-18(25)19(13-5-7-14(22)8-6-13)16-10-9-15(23)11-17(16)20-24-21(2,3)12-26-20/h5-11,19H,4,12H2,1-3H3. The molecule has 0 aliphatic carbocycles. The number of hydrogen-bond acceptors (Lipinski definition) is 3. The predicted octanol–water partition coefficient (Wildman–Crippen LogP) is 4.63. The van der Waals surface area contributed by atoms with Crippen LogP contribution in [0.2, 0.25) is 0 Å². The molecule has 2 aromatic rings. The first-order valence-electron chi connectivity index (χ1n) is 8.61. The molecule has 1 unspecified atom stereocenters. The first-order chi connectivity index (χ1) is 12.3. The Hall–Kier alpha value is -2.56. The van der Waals surface area contributed by atoms with Crippen LogP contribution >= 0.6 is 0 Å². The zero-order valence-electron chi connectivity index (χ0n) is 15.1. The number of halogens is 2. The van der Waals surface area contributed by atoms with Gasteiger partial charge in [-0.2, -0.15) is 0 Å². The van der Waals surface area contributed by atoms with Gasteiger partial charge in [-0.1, -0.05) is 25.1 Å². The van der Waals surface area contributed by atoms with Crippen molar-refractivity contribution in [2.45, 2.75) is 38.6 Å². The molecule has 2 aromatic carbocycles. The Morgan fingerprint density at radius 1 is 1.15 bits per heavy atom. The highest BCUT2D eigenvalue weighted by atomic mass is 19.1. The maximum absolute atomic E-state index is 13.9. The van der Waals surface area contributed by atoms with Crippen molar-refractivity contribution in [3.8, 4) is 0 Å². The molecule has 0 aromatic heterocycles. The van der Waals surface area contributed by atoms with Crippen LogP contribution in [0.4, 0.5) is 8.78 Å². The van der Waals surface area contributed by atoms with Crippen LogP contribution in [0.25, 0.3) is 0 Å². The van der Waals surface area contributed by atoms with E-state index in [2.05, 4.69) is 4.99 Å². The fraction of sp³-hybridized carbons (Fsp3) is 0.333. The van der Waals surface area contributed by atoms with Gasteiger partial charge in [0, 0.05) is 12.0 Å². The van der Waals surface area contributed by atoms with E-state index in [1.54, 1.807) is 25.1 Å². The molecule has 0 N–H and O–H groups in total. The molecule has 26 heavy (non-hydrogen) atoms. The van der Waals surface area contributed by atoms with Crippen molar-refractivity contribution in [1.82, 2.24) is 0 Å². The van der Waals surface area contributed by atoms with Crippen molar-refractivity contribution in [3.05, 3.63) is 70.8 Å². The third-order valence-electron chi connectivity index (χ3n) is 4.40. The third-order valence-corrected chi connectivity index (χ3v) is 4.40. The number of hydrogen-bond donors (Lipinski definition) is 0. The Bertz CT molecular complexity index is 857. The molecule has 5 heteroatoms. The van der Waals surface area contributed by atoms with Crippen LogP contribution in [0.3, 0.4) is 0 Å². The summed E-state index contributed by atoms with van der Waals surface area (Å²) in [6.45, 7) is 6.01. The van der Waals surface area contributed by atoms with E-state index < -0.39 is 17.3 Å². The lowest BCUT2D eigenvalue weighted by atomic mass is 9.84. The summed E-state index contributed by atoms with van der Waals surface area (Å²) in [6, 6.07) is 10.1. The van der Waals surface area contributed by atoms with Crippen LogP contribution in [0.15, 0.2) is 47.5 Å². The maximum atomic E-state index is 13.9. The van der Waals surface area contributed by atoms with Gasteiger partial charge in [0.15, 0.2) is 0 Å². The fourth-order valence-electron chi connectivity index (χ4n) is 3.09. The molecule has 136 valence electrons. The Labute approximate surface area is 151 Å².